The molecule has 0 aromatic carbocycles. The lowest BCUT2D eigenvalue weighted by molar-refractivity contribution is -0.206. The van der Waals surface area contributed by atoms with Gasteiger partial charge in [0, 0.05) is 2.74 Å². The van der Waals surface area contributed by atoms with Gasteiger partial charge in [0.05, 0.1) is 0 Å². The Kier molecular flexibility index (Phi) is 0.374. The van der Waals surface area contributed by atoms with Crippen LogP contribution in [0.2, 0.25) is 0 Å². The minimum Gasteiger partial charge on any atom is -0.330 e. The van der Waals surface area contributed by atoms with Gasteiger partial charge < -0.3 is 5.73 Å². The smallest absolute Gasteiger partial charge is 0.112 e. The van der Waals surface area contributed by atoms with E-state index in [0.29, 0.717) is 19.3 Å². The zero-order valence-electron chi connectivity index (χ0n) is 6.58. The first kappa shape index (κ1) is 3.16. The van der Waals surface area contributed by atoms with Gasteiger partial charge >= 0.3 is 0 Å². The van der Waals surface area contributed by atoms with Crippen molar-refractivity contribution in [3.8, 4) is 0 Å². The molecule has 3 fully saturated rings. The molecule has 46 valence electrons. The largest absolute Gasteiger partial charge is 0.330 e. The molecule has 0 aliphatic heterocycles. The molecule has 1 nitrogen and oxygen atoms in total. The molecule has 0 radical (unpaired) electrons. The Bertz CT molecular complexity index is 167. The topological polar surface area (TPSA) is 26.0 Å². The van der Waals surface area contributed by atoms with Crippen LogP contribution in [0.3, 0.4) is 0 Å². The summed E-state index contributed by atoms with van der Waals surface area (Å²) in [6.45, 7) is -1.67. The van der Waals surface area contributed by atoms with E-state index < -0.39 is 17.6 Å². The molecular weight excluding hydrogens is 105 g/mol. The van der Waals surface area contributed by atoms with Crippen molar-refractivity contribution in [3.05, 3.63) is 0 Å². The fourth-order valence-electron chi connectivity index (χ4n) is 1.82. The van der Waals surface area contributed by atoms with Crippen LogP contribution in [-0.2, 0) is 0 Å². The van der Waals surface area contributed by atoms with Crippen molar-refractivity contribution < 1.29 is 7.13 Å². The Morgan fingerprint density at radius 1 is 1.62 bits per heavy atom. The third kappa shape index (κ3) is 0.323. The molecule has 3 rings (SSSR count). The predicted molar refractivity (Wildman–Crippen MR) is 29.2 cm³/mol. The fourth-order valence-corrected chi connectivity index (χ4v) is 1.82. The van der Waals surface area contributed by atoms with Gasteiger partial charge in [-0.25, -0.2) is 4.39 Å². The van der Waals surface area contributed by atoms with E-state index in [4.69, 9.17) is 8.48 Å². The Balaban J connectivity index is 2.11. The normalized spacial score (nSPS) is 64.8. The van der Waals surface area contributed by atoms with E-state index in [1.807, 2.05) is 0 Å². The number of hydrogen-bond acceptors (Lipinski definition) is 1. The first-order chi connectivity index (χ1) is 4.37. The Morgan fingerprint density at radius 2 is 2.12 bits per heavy atom. The van der Waals surface area contributed by atoms with Gasteiger partial charge in [0.25, 0.3) is 0 Å². The van der Waals surface area contributed by atoms with E-state index >= 15 is 0 Å². The maximum Gasteiger partial charge on any atom is 0.112 e. The summed E-state index contributed by atoms with van der Waals surface area (Å²) in [6.07, 6.45) is 1.01. The van der Waals surface area contributed by atoms with Crippen molar-refractivity contribution in [3.63, 3.8) is 0 Å². The highest BCUT2D eigenvalue weighted by molar-refractivity contribution is 5.19. The second-order valence-corrected chi connectivity index (χ2v) is 3.11. The van der Waals surface area contributed by atoms with Crippen LogP contribution in [0.15, 0.2) is 0 Å². The highest BCUT2D eigenvalue weighted by atomic mass is 19.1. The van der Waals surface area contributed by atoms with Crippen molar-refractivity contribution in [2.24, 2.45) is 11.1 Å². The van der Waals surface area contributed by atoms with Crippen LogP contribution in [0.5, 0.6) is 0 Å². The second kappa shape index (κ2) is 0.947. The lowest BCUT2D eigenvalue weighted by atomic mass is 9.42. The molecule has 0 unspecified atom stereocenters. The molecule has 2 bridgehead atoms. The number of hydrogen-bond donors (Lipinski definition) is 1. The van der Waals surface area contributed by atoms with Crippen LogP contribution >= 0.6 is 0 Å². The van der Waals surface area contributed by atoms with E-state index in [0.717, 1.165) is 0 Å². The Hall–Kier alpha value is -0.110. The standard InChI is InChI=1S/C6H10FN/c7-6-1-5(2-6,3-6)4-8/h1-4,8H2/i4D2. The number of nitrogens with two attached hydrogens (primary N) is 1. The third-order valence-corrected chi connectivity index (χ3v) is 2.27. The van der Waals surface area contributed by atoms with Crippen molar-refractivity contribution in [2.45, 2.75) is 24.9 Å². The molecule has 8 heavy (non-hydrogen) atoms. The molecule has 0 spiro atoms. The van der Waals surface area contributed by atoms with Gasteiger partial charge in [0.2, 0.25) is 0 Å². The SMILES string of the molecule is [2H]C([2H])(N)C12CC(F)(C1)C2. The first-order valence-corrected chi connectivity index (χ1v) is 2.85. The predicted octanol–water partition coefficient (Wildman–Crippen LogP) is 0.837. The summed E-state index contributed by atoms with van der Waals surface area (Å²) in [5.74, 6) is 0. The van der Waals surface area contributed by atoms with Gasteiger partial charge in [-0.05, 0) is 31.2 Å². The Morgan fingerprint density at radius 3 is 2.25 bits per heavy atom. The lowest BCUT2D eigenvalue weighted by Crippen LogP contribution is -2.67. The molecule has 0 amide bonds. The summed E-state index contributed by atoms with van der Waals surface area (Å²) >= 11 is 0. The lowest BCUT2D eigenvalue weighted by Gasteiger charge is -2.65. The van der Waals surface area contributed by atoms with Crippen LogP contribution in [0.4, 0.5) is 4.39 Å². The number of rotatable bonds is 1. The summed E-state index contributed by atoms with van der Waals surface area (Å²) in [5, 5.41) is 0. The van der Waals surface area contributed by atoms with Crippen molar-refractivity contribution in [1.29, 1.82) is 0 Å². The monoisotopic (exact) mass is 117 g/mol. The van der Waals surface area contributed by atoms with Crippen LogP contribution in [0.1, 0.15) is 22.0 Å². The molecule has 0 atom stereocenters. The van der Waals surface area contributed by atoms with E-state index in [1.54, 1.807) is 0 Å². The van der Waals surface area contributed by atoms with E-state index in [2.05, 4.69) is 0 Å². The van der Waals surface area contributed by atoms with Crippen molar-refractivity contribution in [2.75, 3.05) is 6.50 Å². The molecule has 2 heteroatoms. The Labute approximate surface area is 50.9 Å². The molecule has 0 saturated heterocycles. The van der Waals surface area contributed by atoms with Crippen molar-refractivity contribution in [1.82, 2.24) is 0 Å². The molecule has 0 aromatic heterocycles. The average Bonchev–Trinajstić information content (AvgIpc) is 1.51. The summed E-state index contributed by atoms with van der Waals surface area (Å²) in [6, 6.07) is 0. The summed E-state index contributed by atoms with van der Waals surface area (Å²) in [5.41, 5.74) is 3.71. The summed E-state index contributed by atoms with van der Waals surface area (Å²) in [7, 11) is 0. The number of alkyl halides is 1. The van der Waals surface area contributed by atoms with Gasteiger partial charge in [-0.1, -0.05) is 0 Å². The summed E-state index contributed by atoms with van der Waals surface area (Å²) < 4.78 is 27.2. The van der Waals surface area contributed by atoms with E-state index in [9.17, 15) is 4.39 Å². The quantitative estimate of drug-likeness (QED) is 0.541. The minimum atomic E-state index is -1.67. The van der Waals surface area contributed by atoms with E-state index in [-0.39, 0.29) is 0 Å². The maximum atomic E-state index is 12.8. The van der Waals surface area contributed by atoms with Gasteiger partial charge in [0.1, 0.15) is 5.67 Å². The molecule has 3 aliphatic rings. The van der Waals surface area contributed by atoms with Gasteiger partial charge in [-0.3, -0.25) is 0 Å². The molecule has 3 saturated carbocycles. The zero-order chi connectivity index (χ0) is 7.62. The number of halogens is 1. The maximum absolute atomic E-state index is 12.8. The first-order valence-electron chi connectivity index (χ1n) is 3.85. The van der Waals surface area contributed by atoms with Crippen LogP contribution in [-0.4, -0.2) is 12.2 Å². The van der Waals surface area contributed by atoms with Crippen LogP contribution in [0.25, 0.3) is 0 Å². The van der Waals surface area contributed by atoms with Crippen molar-refractivity contribution >= 4 is 0 Å². The molecule has 0 heterocycles. The summed E-state index contributed by atoms with van der Waals surface area (Å²) in [4.78, 5) is 0. The van der Waals surface area contributed by atoms with Gasteiger partial charge in [-0.2, -0.15) is 0 Å². The molecule has 2 N–H and O–H groups in total. The highest BCUT2D eigenvalue weighted by Crippen LogP contribution is 2.68. The van der Waals surface area contributed by atoms with Gasteiger partial charge in [0.15, 0.2) is 0 Å². The van der Waals surface area contributed by atoms with Gasteiger partial charge in [-0.15, -0.1) is 0 Å². The molecular formula is C6H10FN. The van der Waals surface area contributed by atoms with Crippen LogP contribution < -0.4 is 5.73 Å². The third-order valence-electron chi connectivity index (χ3n) is 2.27. The highest BCUT2D eigenvalue weighted by Gasteiger charge is 2.68. The second-order valence-electron chi connectivity index (χ2n) is 3.11. The fraction of sp³-hybridized carbons (Fsp3) is 1.00. The molecule has 0 aromatic rings. The zero-order valence-corrected chi connectivity index (χ0v) is 4.58. The van der Waals surface area contributed by atoms with Crippen LogP contribution in [0, 0.1) is 5.41 Å². The minimum absolute atomic E-state index is 0.337. The average molecular weight is 117 g/mol. The van der Waals surface area contributed by atoms with E-state index in [1.165, 1.54) is 0 Å². The molecule has 3 aliphatic carbocycles.